The van der Waals surface area contributed by atoms with Crippen molar-refractivity contribution in [3.05, 3.63) is 53.6 Å². The Morgan fingerprint density at radius 2 is 1.94 bits per heavy atom. The molecule has 1 aliphatic carbocycles. The summed E-state index contributed by atoms with van der Waals surface area (Å²) < 4.78 is 14.9. The quantitative estimate of drug-likeness (QED) is 0.532. The van der Waals surface area contributed by atoms with Crippen LogP contribution >= 0.6 is 0 Å². The van der Waals surface area contributed by atoms with Gasteiger partial charge in [0.2, 0.25) is 0 Å². The van der Waals surface area contributed by atoms with E-state index in [4.69, 9.17) is 9.47 Å². The molecule has 0 amide bonds. The number of ether oxygens (including phenoxy) is 2. The van der Waals surface area contributed by atoms with Crippen molar-refractivity contribution in [1.29, 1.82) is 0 Å². The number of aromatic carboxylic acids is 1. The number of hydrogen-bond donors (Lipinski definition) is 1. The Balaban J connectivity index is 1.70. The van der Waals surface area contributed by atoms with Gasteiger partial charge in [0.05, 0.1) is 24.4 Å². The minimum absolute atomic E-state index is 0.129. The van der Waals surface area contributed by atoms with E-state index in [9.17, 15) is 9.90 Å². The number of carboxylic acid groups (broad SMARTS) is 1. The zero-order valence-electron chi connectivity index (χ0n) is 20.1. The molecule has 0 spiro atoms. The number of aromatic nitrogens is 1. The first-order chi connectivity index (χ1) is 16.5. The third kappa shape index (κ3) is 4.44. The summed E-state index contributed by atoms with van der Waals surface area (Å²) in [7, 11) is 4.07. The lowest BCUT2D eigenvalue weighted by Crippen LogP contribution is -2.31. The van der Waals surface area contributed by atoms with Crippen molar-refractivity contribution in [2.24, 2.45) is 0 Å². The van der Waals surface area contributed by atoms with Crippen LogP contribution in [0.5, 0.6) is 5.75 Å². The first-order valence-electron chi connectivity index (χ1n) is 12.4. The molecule has 34 heavy (non-hydrogen) atoms. The van der Waals surface area contributed by atoms with Crippen molar-refractivity contribution < 1.29 is 19.4 Å². The van der Waals surface area contributed by atoms with Crippen LogP contribution in [-0.4, -0.2) is 60.5 Å². The normalized spacial score (nSPS) is 18.7. The molecule has 1 atom stereocenters. The van der Waals surface area contributed by atoms with Gasteiger partial charge in [-0.1, -0.05) is 37.5 Å². The minimum atomic E-state index is -0.898. The minimum Gasteiger partial charge on any atom is -0.490 e. The highest BCUT2D eigenvalue weighted by atomic mass is 16.5. The Morgan fingerprint density at radius 1 is 1.15 bits per heavy atom. The van der Waals surface area contributed by atoms with Crippen LogP contribution in [0.3, 0.4) is 0 Å². The number of rotatable bonds is 6. The highest BCUT2D eigenvalue weighted by Crippen LogP contribution is 2.47. The zero-order chi connectivity index (χ0) is 23.7. The Morgan fingerprint density at radius 3 is 2.71 bits per heavy atom. The van der Waals surface area contributed by atoms with E-state index >= 15 is 0 Å². The number of likely N-dealkylation sites (N-methyl/N-ethyl adjacent to an activating group) is 1. The Kier molecular flexibility index (Phi) is 6.61. The molecule has 1 saturated carbocycles. The van der Waals surface area contributed by atoms with Gasteiger partial charge in [0.15, 0.2) is 0 Å². The van der Waals surface area contributed by atoms with Gasteiger partial charge in [-0.3, -0.25) is 0 Å². The first kappa shape index (κ1) is 22.9. The fourth-order valence-electron chi connectivity index (χ4n) is 5.52. The highest BCUT2D eigenvalue weighted by molar-refractivity contribution is 5.98. The van der Waals surface area contributed by atoms with E-state index in [2.05, 4.69) is 21.6 Å². The van der Waals surface area contributed by atoms with Crippen LogP contribution in [0.25, 0.3) is 22.2 Å². The topological polar surface area (TPSA) is 63.9 Å². The number of carbonyl (C=O) groups is 1. The molecular weight excluding hydrogens is 428 g/mol. The van der Waals surface area contributed by atoms with E-state index in [1.165, 1.54) is 43.4 Å². The van der Waals surface area contributed by atoms with E-state index in [0.717, 1.165) is 28.8 Å². The van der Waals surface area contributed by atoms with Crippen LogP contribution in [0.15, 0.2) is 42.5 Å². The maximum Gasteiger partial charge on any atom is 0.335 e. The second-order valence-electron chi connectivity index (χ2n) is 9.85. The first-order valence-corrected chi connectivity index (χ1v) is 12.4. The maximum absolute atomic E-state index is 11.9. The van der Waals surface area contributed by atoms with E-state index in [0.29, 0.717) is 31.2 Å². The number of hydrogen-bond acceptors (Lipinski definition) is 4. The summed E-state index contributed by atoms with van der Waals surface area (Å²) >= 11 is 0. The van der Waals surface area contributed by atoms with Crippen molar-refractivity contribution in [2.45, 2.75) is 50.7 Å². The van der Waals surface area contributed by atoms with Crippen LogP contribution in [0.1, 0.15) is 53.9 Å². The highest BCUT2D eigenvalue weighted by Gasteiger charge is 2.30. The number of para-hydroxylation sites is 1. The molecule has 1 aromatic heterocycles. The summed E-state index contributed by atoms with van der Waals surface area (Å²) in [6, 6.07) is 13.9. The molecule has 0 bridgehead atoms. The van der Waals surface area contributed by atoms with Gasteiger partial charge < -0.3 is 24.0 Å². The lowest BCUT2D eigenvalue weighted by atomic mass is 9.81. The van der Waals surface area contributed by atoms with Crippen LogP contribution in [0.2, 0.25) is 0 Å². The molecule has 2 aromatic carbocycles. The third-order valence-corrected chi connectivity index (χ3v) is 7.21. The summed E-state index contributed by atoms with van der Waals surface area (Å²) in [6.45, 7) is 2.54. The van der Waals surface area contributed by atoms with Crippen LogP contribution < -0.4 is 4.74 Å². The van der Waals surface area contributed by atoms with E-state index < -0.39 is 5.97 Å². The Bertz CT molecular complexity index is 1180. The molecule has 1 aliphatic heterocycles. The summed E-state index contributed by atoms with van der Waals surface area (Å²) in [5.74, 6) is 0.428. The van der Waals surface area contributed by atoms with Crippen LogP contribution in [-0.2, 0) is 11.3 Å². The molecule has 1 fully saturated rings. The molecule has 3 aromatic rings. The van der Waals surface area contributed by atoms with Gasteiger partial charge in [0.25, 0.3) is 0 Å². The summed E-state index contributed by atoms with van der Waals surface area (Å²) in [4.78, 5) is 14.0. The lowest BCUT2D eigenvalue weighted by molar-refractivity contribution is 0.00422. The monoisotopic (exact) mass is 462 g/mol. The largest absolute Gasteiger partial charge is 0.490 e. The number of fused-ring (bicyclic) bond motifs is 5. The van der Waals surface area contributed by atoms with Crippen molar-refractivity contribution >= 4 is 16.9 Å². The van der Waals surface area contributed by atoms with E-state index in [1.54, 1.807) is 6.07 Å². The summed E-state index contributed by atoms with van der Waals surface area (Å²) in [5, 5.41) is 10.9. The molecule has 2 aliphatic rings. The predicted octanol–water partition coefficient (Wildman–Crippen LogP) is 5.39. The molecule has 0 radical (unpaired) electrons. The van der Waals surface area contributed by atoms with Crippen molar-refractivity contribution in [1.82, 2.24) is 9.47 Å². The summed E-state index contributed by atoms with van der Waals surface area (Å²) in [5.41, 5.74) is 4.90. The molecule has 0 unspecified atom stereocenters. The molecule has 0 saturated heterocycles. The molecule has 1 N–H and O–H groups in total. The maximum atomic E-state index is 11.9. The standard InChI is InChI=1S/C28H34N2O4/c1-29(2)14-15-33-21-17-30-24-16-20(28(31)32)12-13-22(24)26(19-8-4-3-5-9-19)27(30)23-10-6-7-11-25(23)34-18-21/h6-7,10-13,16,19,21H,3-5,8-9,14-15,17-18H2,1-2H3,(H,31,32)/t21-/m1/s1. The van der Waals surface area contributed by atoms with E-state index in [1.807, 2.05) is 38.4 Å². The zero-order valence-corrected chi connectivity index (χ0v) is 20.1. The SMILES string of the molecule is CN(C)CCO[C@H]1COc2ccccc2-c2c(C3CCCCC3)c3ccc(C(=O)O)cc3n2C1. The van der Waals surface area contributed by atoms with Gasteiger partial charge in [-0.05, 0) is 62.7 Å². The predicted molar refractivity (Wildman–Crippen MR) is 134 cm³/mol. The third-order valence-electron chi connectivity index (χ3n) is 7.21. The van der Waals surface area contributed by atoms with Gasteiger partial charge in [0.1, 0.15) is 18.5 Å². The van der Waals surface area contributed by atoms with Crippen molar-refractivity contribution in [2.75, 3.05) is 33.9 Å². The van der Waals surface area contributed by atoms with Gasteiger partial charge in [0, 0.05) is 23.0 Å². The van der Waals surface area contributed by atoms with E-state index in [-0.39, 0.29) is 6.10 Å². The second kappa shape index (κ2) is 9.80. The fourth-order valence-corrected chi connectivity index (χ4v) is 5.52. The average molecular weight is 463 g/mol. The molecule has 6 nitrogen and oxygen atoms in total. The Labute approximate surface area is 201 Å². The van der Waals surface area contributed by atoms with Gasteiger partial charge >= 0.3 is 5.97 Å². The fraction of sp³-hybridized carbons (Fsp3) is 0.464. The second-order valence-corrected chi connectivity index (χ2v) is 9.85. The molecular formula is C28H34N2O4. The van der Waals surface area contributed by atoms with Gasteiger partial charge in [-0.2, -0.15) is 0 Å². The molecule has 6 heteroatoms. The summed E-state index contributed by atoms with van der Waals surface area (Å²) in [6.07, 6.45) is 5.96. The molecule has 2 heterocycles. The molecule has 180 valence electrons. The number of carboxylic acids is 1. The van der Waals surface area contributed by atoms with Gasteiger partial charge in [-0.15, -0.1) is 0 Å². The number of benzene rings is 2. The van der Waals surface area contributed by atoms with Crippen molar-refractivity contribution in [3.8, 4) is 17.0 Å². The van der Waals surface area contributed by atoms with Crippen LogP contribution in [0.4, 0.5) is 0 Å². The van der Waals surface area contributed by atoms with Crippen LogP contribution in [0, 0.1) is 0 Å². The Hall–Kier alpha value is -2.83. The average Bonchev–Trinajstić information content (AvgIpc) is 3.14. The number of nitrogens with zero attached hydrogens (tertiary/aromatic N) is 2. The van der Waals surface area contributed by atoms with Gasteiger partial charge in [-0.25, -0.2) is 4.79 Å². The molecule has 5 rings (SSSR count). The lowest BCUT2D eigenvalue weighted by Gasteiger charge is -2.28. The van der Waals surface area contributed by atoms with Crippen molar-refractivity contribution in [3.63, 3.8) is 0 Å². The smallest absolute Gasteiger partial charge is 0.335 e.